The highest BCUT2D eigenvalue weighted by Gasteiger charge is 2.30. The molecule has 5 nitrogen and oxygen atoms in total. The molecule has 1 rings (SSSR count). The van der Waals surface area contributed by atoms with E-state index in [0.29, 0.717) is 12.3 Å². The van der Waals surface area contributed by atoms with Gasteiger partial charge < -0.3 is 16.4 Å². The number of primary amides is 1. The van der Waals surface area contributed by atoms with Crippen LogP contribution in [-0.4, -0.2) is 35.3 Å². The molecule has 0 bridgehead atoms. The van der Waals surface area contributed by atoms with E-state index >= 15 is 0 Å². The smallest absolute Gasteiger partial charge is 0.240 e. The number of nitrogens with two attached hydrogens (primary N) is 2. The molecule has 0 aliphatic heterocycles. The summed E-state index contributed by atoms with van der Waals surface area (Å²) >= 11 is 0. The van der Waals surface area contributed by atoms with Crippen molar-refractivity contribution in [2.45, 2.75) is 58.0 Å². The summed E-state index contributed by atoms with van der Waals surface area (Å²) in [5, 5.41) is 0. The molecule has 1 aliphatic carbocycles. The summed E-state index contributed by atoms with van der Waals surface area (Å²) in [5.74, 6) is -0.232. The SMILES string of the molecule is CC(C)CC(N)C(=O)N(CC(N)=O)C1CCCC1. The van der Waals surface area contributed by atoms with Gasteiger partial charge >= 0.3 is 0 Å². The Hall–Kier alpha value is -1.10. The molecule has 4 N–H and O–H groups in total. The second-order valence-electron chi connectivity index (χ2n) is 5.61. The normalized spacial score (nSPS) is 18.0. The molecule has 2 amide bonds. The number of carbonyl (C=O) groups is 2. The molecule has 0 heterocycles. The summed E-state index contributed by atoms with van der Waals surface area (Å²) in [4.78, 5) is 25.0. The summed E-state index contributed by atoms with van der Waals surface area (Å²) in [6, 6.07) is -0.381. The summed E-state index contributed by atoms with van der Waals surface area (Å²) in [6.45, 7) is 4.05. The molecule has 0 radical (unpaired) electrons. The van der Waals surface area contributed by atoms with Crippen LogP contribution < -0.4 is 11.5 Å². The zero-order valence-corrected chi connectivity index (χ0v) is 11.4. The predicted octanol–water partition coefficient (Wildman–Crippen LogP) is 0.616. The van der Waals surface area contributed by atoms with Crippen molar-refractivity contribution in [3.05, 3.63) is 0 Å². The van der Waals surface area contributed by atoms with E-state index in [-0.39, 0.29) is 18.5 Å². The molecule has 1 atom stereocenters. The first-order chi connectivity index (χ1) is 8.41. The zero-order chi connectivity index (χ0) is 13.7. The molecule has 18 heavy (non-hydrogen) atoms. The monoisotopic (exact) mass is 255 g/mol. The van der Waals surface area contributed by atoms with Gasteiger partial charge in [0.2, 0.25) is 11.8 Å². The van der Waals surface area contributed by atoms with Gasteiger partial charge in [0.1, 0.15) is 0 Å². The maximum absolute atomic E-state index is 12.3. The number of hydrogen-bond donors (Lipinski definition) is 2. The molecule has 0 aromatic rings. The van der Waals surface area contributed by atoms with E-state index in [0.717, 1.165) is 25.7 Å². The molecule has 5 heteroatoms. The summed E-state index contributed by atoms with van der Waals surface area (Å²) in [7, 11) is 0. The molecule has 0 saturated heterocycles. The molecule has 1 unspecified atom stereocenters. The highest BCUT2D eigenvalue weighted by atomic mass is 16.2. The fraction of sp³-hybridized carbons (Fsp3) is 0.846. The number of rotatable bonds is 6. The standard InChI is InChI=1S/C13H25N3O2/c1-9(2)7-11(14)13(18)16(8-12(15)17)10-5-3-4-6-10/h9-11H,3-8,14H2,1-2H3,(H2,15,17). The Morgan fingerprint density at radius 1 is 1.28 bits per heavy atom. The van der Waals surface area contributed by atoms with Gasteiger partial charge in [-0.2, -0.15) is 0 Å². The van der Waals surface area contributed by atoms with E-state index < -0.39 is 11.9 Å². The van der Waals surface area contributed by atoms with Crippen LogP contribution >= 0.6 is 0 Å². The first-order valence-corrected chi connectivity index (χ1v) is 6.76. The van der Waals surface area contributed by atoms with Crippen LogP contribution in [-0.2, 0) is 9.59 Å². The second-order valence-corrected chi connectivity index (χ2v) is 5.61. The topological polar surface area (TPSA) is 89.4 Å². The minimum Gasteiger partial charge on any atom is -0.368 e. The van der Waals surface area contributed by atoms with Gasteiger partial charge in [0.15, 0.2) is 0 Å². The third-order valence-electron chi connectivity index (χ3n) is 3.42. The van der Waals surface area contributed by atoms with E-state index in [1.54, 1.807) is 4.90 Å². The highest BCUT2D eigenvalue weighted by molar-refractivity contribution is 5.87. The Morgan fingerprint density at radius 3 is 2.28 bits per heavy atom. The second kappa shape index (κ2) is 6.73. The minimum atomic E-state index is -0.523. The lowest BCUT2D eigenvalue weighted by atomic mass is 10.0. The van der Waals surface area contributed by atoms with Crippen LogP contribution in [0.1, 0.15) is 46.0 Å². The minimum absolute atomic E-state index is 0.00467. The van der Waals surface area contributed by atoms with Crippen LogP contribution in [0.5, 0.6) is 0 Å². The van der Waals surface area contributed by atoms with Gasteiger partial charge in [0.05, 0.1) is 12.6 Å². The third kappa shape index (κ3) is 4.29. The average molecular weight is 255 g/mol. The zero-order valence-electron chi connectivity index (χ0n) is 11.4. The maximum Gasteiger partial charge on any atom is 0.240 e. The van der Waals surface area contributed by atoms with Crippen molar-refractivity contribution in [1.29, 1.82) is 0 Å². The van der Waals surface area contributed by atoms with Crippen LogP contribution in [0.2, 0.25) is 0 Å². The summed E-state index contributed by atoms with van der Waals surface area (Å²) in [6.07, 6.45) is 4.75. The van der Waals surface area contributed by atoms with Gasteiger partial charge in [0, 0.05) is 6.04 Å². The molecule has 1 saturated carbocycles. The molecule has 0 spiro atoms. The van der Waals surface area contributed by atoms with Crippen molar-refractivity contribution >= 4 is 11.8 Å². The number of nitrogens with zero attached hydrogens (tertiary/aromatic N) is 1. The van der Waals surface area contributed by atoms with E-state index in [1.807, 2.05) is 13.8 Å². The van der Waals surface area contributed by atoms with Crippen molar-refractivity contribution in [2.24, 2.45) is 17.4 Å². The first kappa shape index (κ1) is 15.0. The van der Waals surface area contributed by atoms with E-state index in [2.05, 4.69) is 0 Å². The number of hydrogen-bond acceptors (Lipinski definition) is 3. The Kier molecular flexibility index (Phi) is 5.59. The fourth-order valence-electron chi connectivity index (χ4n) is 2.59. The van der Waals surface area contributed by atoms with E-state index in [9.17, 15) is 9.59 Å². The Morgan fingerprint density at radius 2 is 1.83 bits per heavy atom. The molecule has 0 aromatic carbocycles. The number of carbonyl (C=O) groups excluding carboxylic acids is 2. The van der Waals surface area contributed by atoms with Crippen LogP contribution in [0.15, 0.2) is 0 Å². The van der Waals surface area contributed by atoms with Crippen LogP contribution in [0, 0.1) is 5.92 Å². The highest BCUT2D eigenvalue weighted by Crippen LogP contribution is 2.24. The fourth-order valence-corrected chi connectivity index (χ4v) is 2.59. The lowest BCUT2D eigenvalue weighted by molar-refractivity contribution is -0.138. The van der Waals surface area contributed by atoms with Gasteiger partial charge in [-0.1, -0.05) is 26.7 Å². The molecule has 1 aliphatic rings. The van der Waals surface area contributed by atoms with E-state index in [1.165, 1.54) is 0 Å². The number of amides is 2. The predicted molar refractivity (Wildman–Crippen MR) is 70.6 cm³/mol. The molecular weight excluding hydrogens is 230 g/mol. The van der Waals surface area contributed by atoms with Crippen molar-refractivity contribution < 1.29 is 9.59 Å². The molecular formula is C13H25N3O2. The summed E-state index contributed by atoms with van der Waals surface area (Å²) in [5.41, 5.74) is 11.1. The average Bonchev–Trinajstić information content (AvgIpc) is 2.76. The van der Waals surface area contributed by atoms with Crippen molar-refractivity contribution in [1.82, 2.24) is 4.90 Å². The lowest BCUT2D eigenvalue weighted by Gasteiger charge is -2.30. The first-order valence-electron chi connectivity index (χ1n) is 6.76. The van der Waals surface area contributed by atoms with E-state index in [4.69, 9.17) is 11.5 Å². The molecule has 104 valence electrons. The van der Waals surface area contributed by atoms with Crippen LogP contribution in [0.4, 0.5) is 0 Å². The lowest BCUT2D eigenvalue weighted by Crippen LogP contribution is -2.51. The summed E-state index contributed by atoms with van der Waals surface area (Å²) < 4.78 is 0. The van der Waals surface area contributed by atoms with Gasteiger partial charge in [-0.15, -0.1) is 0 Å². The van der Waals surface area contributed by atoms with Gasteiger partial charge in [-0.25, -0.2) is 0 Å². The Balaban J connectivity index is 2.68. The quantitative estimate of drug-likeness (QED) is 0.729. The van der Waals surface area contributed by atoms with Crippen LogP contribution in [0.25, 0.3) is 0 Å². The van der Waals surface area contributed by atoms with Crippen molar-refractivity contribution in [3.63, 3.8) is 0 Å². The Labute approximate surface area is 109 Å². The van der Waals surface area contributed by atoms with Crippen LogP contribution in [0.3, 0.4) is 0 Å². The van der Waals surface area contributed by atoms with Gasteiger partial charge in [0.25, 0.3) is 0 Å². The maximum atomic E-state index is 12.3. The third-order valence-corrected chi connectivity index (χ3v) is 3.42. The largest absolute Gasteiger partial charge is 0.368 e. The van der Waals surface area contributed by atoms with Gasteiger partial charge in [-0.05, 0) is 25.2 Å². The molecule has 0 aromatic heterocycles. The Bertz CT molecular complexity index is 299. The van der Waals surface area contributed by atoms with Gasteiger partial charge in [-0.3, -0.25) is 9.59 Å². The molecule has 1 fully saturated rings. The van der Waals surface area contributed by atoms with Crippen molar-refractivity contribution in [3.8, 4) is 0 Å². The van der Waals surface area contributed by atoms with Crippen molar-refractivity contribution in [2.75, 3.05) is 6.54 Å².